The predicted octanol–water partition coefficient (Wildman–Crippen LogP) is 4.26. The van der Waals surface area contributed by atoms with Gasteiger partial charge in [-0.15, -0.1) is 0 Å². The fourth-order valence-electron chi connectivity index (χ4n) is 0.192. The molecule has 0 aromatic rings. The van der Waals surface area contributed by atoms with Gasteiger partial charge in [0.15, 0.2) is 0 Å². The van der Waals surface area contributed by atoms with E-state index in [2.05, 4.69) is 0 Å². The van der Waals surface area contributed by atoms with E-state index in [4.69, 9.17) is 0 Å². The average molecular weight is 238 g/mol. The predicted molar refractivity (Wildman–Crippen MR) is 35.8 cm³/mol. The van der Waals surface area contributed by atoms with Crippen molar-refractivity contribution in [2.75, 3.05) is 0 Å². The number of rotatable bonds is 2. The van der Waals surface area contributed by atoms with Crippen LogP contribution in [0.5, 0.6) is 0 Å². The number of hydrogen-bond donors (Lipinski definition) is 1. The molecule has 11 heavy (non-hydrogen) atoms. The van der Waals surface area contributed by atoms with Crippen molar-refractivity contribution in [1.29, 1.82) is 0 Å². The first-order valence-corrected chi connectivity index (χ1v) is 5.78. The Morgan fingerprint density at radius 2 is 1.55 bits per heavy atom. The van der Waals surface area contributed by atoms with E-state index in [9.17, 15) is 25.2 Å². The van der Waals surface area contributed by atoms with Crippen molar-refractivity contribution in [3.8, 4) is 0 Å². The van der Waals surface area contributed by atoms with Crippen LogP contribution in [0.2, 0.25) is 0 Å². The van der Waals surface area contributed by atoms with Gasteiger partial charge in [0.2, 0.25) is 0 Å². The van der Waals surface area contributed by atoms with Crippen molar-refractivity contribution in [3.63, 3.8) is 0 Å². The van der Waals surface area contributed by atoms with Crippen molar-refractivity contribution >= 4 is 25.2 Å². The van der Waals surface area contributed by atoms with Crippen LogP contribution in [0.3, 0.4) is 0 Å². The summed E-state index contributed by atoms with van der Waals surface area (Å²) in [7, 11) is -13.2. The van der Waals surface area contributed by atoms with Gasteiger partial charge in [-0.25, -0.2) is 0 Å². The second-order valence-corrected chi connectivity index (χ2v) is 5.54. The molecule has 0 rings (SSSR count). The maximum atomic E-state index is 11.8. The van der Waals surface area contributed by atoms with Gasteiger partial charge in [-0.3, -0.25) is 0 Å². The van der Waals surface area contributed by atoms with Gasteiger partial charge in [-0.1, -0.05) is 0 Å². The van der Waals surface area contributed by atoms with Crippen LogP contribution in [0.15, 0.2) is 4.52 Å². The molecule has 2 nitrogen and oxygen atoms in total. The van der Waals surface area contributed by atoms with Crippen LogP contribution in [0, 0.1) is 0 Å². The minimum absolute atomic E-state index is 0.563. The second kappa shape index (κ2) is 2.84. The molecule has 0 fully saturated rings. The van der Waals surface area contributed by atoms with Crippen LogP contribution in [0.25, 0.3) is 0 Å². The van der Waals surface area contributed by atoms with E-state index in [1.54, 1.807) is 0 Å². The van der Waals surface area contributed by atoms with Crippen LogP contribution in [0.1, 0.15) is 0 Å². The van der Waals surface area contributed by atoms with Gasteiger partial charge in [0.25, 0.3) is 0 Å². The summed E-state index contributed by atoms with van der Waals surface area (Å²) in [4.78, 5) is 0.563. The van der Waals surface area contributed by atoms with Gasteiger partial charge >= 0.3 is 59.8 Å². The van der Waals surface area contributed by atoms with Crippen molar-refractivity contribution in [2.45, 2.75) is 0 Å². The van der Waals surface area contributed by atoms with Crippen molar-refractivity contribution < 1.29 is 25.2 Å². The molecule has 0 radical (unpaired) electrons. The van der Waals surface area contributed by atoms with E-state index in [1.807, 2.05) is 0 Å². The van der Waals surface area contributed by atoms with Crippen LogP contribution in [-0.4, -0.2) is 0 Å². The van der Waals surface area contributed by atoms with E-state index in [-0.39, 0.29) is 0 Å². The molecule has 0 saturated heterocycles. The Morgan fingerprint density at radius 3 is 1.64 bits per heavy atom. The second-order valence-electron chi connectivity index (χ2n) is 1.41. The van der Waals surface area contributed by atoms with Crippen molar-refractivity contribution in [1.82, 2.24) is 4.86 Å². The van der Waals surface area contributed by atoms with Crippen molar-refractivity contribution in [2.24, 2.45) is 4.52 Å². The van der Waals surface area contributed by atoms with Gasteiger partial charge in [-0.05, 0) is 0 Å². The Kier molecular flexibility index (Phi) is 3.00. The zero-order valence-corrected chi connectivity index (χ0v) is 7.63. The Bertz CT molecular complexity index is 187. The summed E-state index contributed by atoms with van der Waals surface area (Å²) in [5.41, 5.74) is 0. The van der Waals surface area contributed by atoms with Crippen LogP contribution >= 0.6 is 25.2 Å². The molecule has 11 heteroatoms. The molecule has 0 aromatic heterocycles. The van der Waals surface area contributed by atoms with E-state index >= 15 is 0 Å². The van der Waals surface area contributed by atoms with Crippen LogP contribution < -0.4 is 4.86 Å². The summed E-state index contributed by atoms with van der Waals surface area (Å²) < 4.78 is 69.9. The van der Waals surface area contributed by atoms with Gasteiger partial charge in [0, 0.05) is 0 Å². The fraction of sp³-hybridized carbons (Fsp3) is 0. The molecule has 70 valence electrons. The zero-order chi connectivity index (χ0) is 9.36. The fourth-order valence-corrected chi connectivity index (χ4v) is 2.19. The SMILES string of the molecule is FP(F)(F)=NP(F)(F)(F)NP. The summed E-state index contributed by atoms with van der Waals surface area (Å²) in [6, 6.07) is 0. The first kappa shape index (κ1) is 11.6. The Balaban J connectivity index is 4.89. The number of nitrogens with one attached hydrogen (secondary N) is 1. The molecule has 0 bridgehead atoms. The molecule has 0 heterocycles. The molecule has 0 amide bonds. The Hall–Kier alpha value is 0.630. The Morgan fingerprint density at radius 1 is 1.18 bits per heavy atom. The number of halogens is 6. The molecule has 1 atom stereocenters. The van der Waals surface area contributed by atoms with Gasteiger partial charge < -0.3 is 0 Å². The minimum atomic E-state index is -7.51. The van der Waals surface area contributed by atoms with E-state index in [1.165, 1.54) is 0 Å². The number of hydrogen-bond acceptors (Lipinski definition) is 2. The summed E-state index contributed by atoms with van der Waals surface area (Å²) in [5, 5.41) is 0. The molecule has 0 aliphatic heterocycles. The Labute approximate surface area is 60.8 Å². The van der Waals surface area contributed by atoms with E-state index in [0.717, 1.165) is 13.9 Å². The third-order valence-corrected chi connectivity index (χ3v) is 4.07. The molecule has 0 aromatic carbocycles. The van der Waals surface area contributed by atoms with Gasteiger partial charge in [-0.2, -0.15) is 0 Å². The zero-order valence-electron chi connectivity index (χ0n) is 4.69. The van der Waals surface area contributed by atoms with Crippen molar-refractivity contribution in [3.05, 3.63) is 0 Å². The van der Waals surface area contributed by atoms with Crippen LogP contribution in [-0.2, 0) is 0 Å². The van der Waals surface area contributed by atoms with Gasteiger partial charge in [0.05, 0.1) is 0 Å². The quantitative estimate of drug-likeness (QED) is 0.564. The monoisotopic (exact) mass is 238 g/mol. The number of nitrogens with zero attached hydrogens (tertiary/aromatic N) is 1. The molecular weight excluding hydrogens is 235 g/mol. The summed E-state index contributed by atoms with van der Waals surface area (Å²) >= 11 is 0. The summed E-state index contributed by atoms with van der Waals surface area (Å²) in [6.07, 6.45) is 0. The molecule has 0 saturated carbocycles. The topological polar surface area (TPSA) is 24.4 Å². The third-order valence-electron chi connectivity index (χ3n) is 0.452. The van der Waals surface area contributed by atoms with E-state index < -0.39 is 15.8 Å². The van der Waals surface area contributed by atoms with Crippen LogP contribution in [0.4, 0.5) is 25.2 Å². The maximum absolute atomic E-state index is 11.8. The average Bonchev–Trinajstić information content (AvgIpc) is 1.57. The molecule has 1 unspecified atom stereocenters. The standard InChI is InChI=1S/F6H3N2P3/c1-10(2,3)8-11(4,5,6)7-9/h7H,9H2. The third kappa shape index (κ3) is 5.85. The van der Waals surface area contributed by atoms with E-state index in [0.29, 0.717) is 4.86 Å². The molecule has 1 N–H and O–H groups in total. The normalized spacial score (nSPS) is 17.2. The first-order chi connectivity index (χ1) is 4.53. The molecule has 0 aliphatic rings. The van der Waals surface area contributed by atoms with Gasteiger partial charge in [0.1, 0.15) is 0 Å². The molecule has 0 spiro atoms. The first-order valence-electron chi connectivity index (χ1n) is 1.93. The summed E-state index contributed by atoms with van der Waals surface area (Å²) in [5.74, 6) is 0. The summed E-state index contributed by atoms with van der Waals surface area (Å²) in [6.45, 7) is 0. The molecule has 0 aliphatic carbocycles. The molecular formula is H3F6N2P3.